The van der Waals surface area contributed by atoms with E-state index in [0.29, 0.717) is 18.6 Å². The number of methoxy groups -OCH3 is 1. The second-order valence-corrected chi connectivity index (χ2v) is 6.97. The Morgan fingerprint density at radius 3 is 2.35 bits per heavy atom. The van der Waals surface area contributed by atoms with E-state index in [2.05, 4.69) is 10.1 Å². The van der Waals surface area contributed by atoms with Crippen LogP contribution < -0.4 is 5.32 Å². The summed E-state index contributed by atoms with van der Waals surface area (Å²) in [5, 5.41) is 1.62. The topological polar surface area (TPSA) is 64.6 Å². The predicted molar refractivity (Wildman–Crippen MR) is 101 cm³/mol. The van der Waals surface area contributed by atoms with Crippen LogP contribution in [0.5, 0.6) is 0 Å². The van der Waals surface area contributed by atoms with E-state index in [1.807, 2.05) is 0 Å². The molecule has 0 aliphatic carbocycles. The van der Waals surface area contributed by atoms with Gasteiger partial charge in [0, 0.05) is 11.3 Å². The highest BCUT2D eigenvalue weighted by Crippen LogP contribution is 2.47. The minimum Gasteiger partial charge on any atom is -0.466 e. The van der Waals surface area contributed by atoms with E-state index in [4.69, 9.17) is 16.3 Å². The molecule has 0 bridgehead atoms. The molecule has 11 heteroatoms. The number of benzene rings is 1. The van der Waals surface area contributed by atoms with Crippen LogP contribution in [0.25, 0.3) is 0 Å². The predicted octanol–water partition coefficient (Wildman–Crippen LogP) is 4.81. The van der Waals surface area contributed by atoms with Gasteiger partial charge in [-0.2, -0.15) is 13.2 Å². The van der Waals surface area contributed by atoms with Crippen molar-refractivity contribution >= 4 is 23.5 Å². The van der Waals surface area contributed by atoms with Gasteiger partial charge in [0.2, 0.25) is 0 Å². The summed E-state index contributed by atoms with van der Waals surface area (Å²) in [6, 6.07) is 1.37. The molecule has 1 aromatic carbocycles. The van der Waals surface area contributed by atoms with Crippen molar-refractivity contribution in [3.05, 3.63) is 56.6 Å². The van der Waals surface area contributed by atoms with Crippen LogP contribution in [0.15, 0.2) is 34.7 Å². The first kappa shape index (κ1) is 24.6. The fourth-order valence-corrected chi connectivity index (χ4v) is 3.59. The maximum atomic E-state index is 14.9. The monoisotopic (exact) mass is 467 g/mol. The molecule has 0 fully saturated rings. The average molecular weight is 468 g/mol. The summed E-state index contributed by atoms with van der Waals surface area (Å²) in [4.78, 5) is 25.2. The number of esters is 2. The third kappa shape index (κ3) is 4.84. The first-order valence-corrected chi connectivity index (χ1v) is 9.44. The molecule has 1 aromatic rings. The van der Waals surface area contributed by atoms with Gasteiger partial charge in [-0.1, -0.05) is 18.5 Å². The molecule has 0 radical (unpaired) electrons. The van der Waals surface area contributed by atoms with E-state index in [-0.39, 0.29) is 12.3 Å². The lowest BCUT2D eigenvalue weighted by Crippen LogP contribution is -2.35. The molecule has 0 amide bonds. The number of rotatable bonds is 6. The van der Waals surface area contributed by atoms with E-state index in [1.54, 1.807) is 6.92 Å². The minimum absolute atomic E-state index is 0.107. The summed E-state index contributed by atoms with van der Waals surface area (Å²) < 4.78 is 79.9. The fraction of sp³-hybridized carbons (Fsp3) is 0.400. The average Bonchev–Trinajstić information content (AvgIpc) is 2.71. The first-order valence-electron chi connectivity index (χ1n) is 9.06. The Bertz CT molecular complexity index is 956. The van der Waals surface area contributed by atoms with Gasteiger partial charge in [0.25, 0.3) is 0 Å². The molecule has 31 heavy (non-hydrogen) atoms. The summed E-state index contributed by atoms with van der Waals surface area (Å²) in [5.41, 5.74) is -4.43. The highest BCUT2D eigenvalue weighted by molar-refractivity contribution is 6.31. The SMILES string of the molecule is CCCOC(=O)C1=C(CF)NC(C)=C(C(=O)OC)C1c1c(F)ccc(Cl)c1C(F)(F)F. The van der Waals surface area contributed by atoms with Crippen molar-refractivity contribution in [1.29, 1.82) is 0 Å². The second kappa shape index (κ2) is 9.67. The molecule has 0 aromatic heterocycles. The molecule has 5 nitrogen and oxygen atoms in total. The Morgan fingerprint density at radius 1 is 1.19 bits per heavy atom. The van der Waals surface area contributed by atoms with Crippen molar-refractivity contribution in [1.82, 2.24) is 5.32 Å². The summed E-state index contributed by atoms with van der Waals surface area (Å²) >= 11 is 5.74. The van der Waals surface area contributed by atoms with Crippen molar-refractivity contribution < 1.29 is 41.0 Å². The number of dihydropyridines is 1. The molecule has 1 aliphatic rings. The highest BCUT2D eigenvalue weighted by atomic mass is 35.5. The second-order valence-electron chi connectivity index (χ2n) is 6.57. The molecule has 1 atom stereocenters. The van der Waals surface area contributed by atoms with Gasteiger partial charge in [-0.3, -0.25) is 0 Å². The summed E-state index contributed by atoms with van der Waals surface area (Å²) in [7, 11) is 0.960. The van der Waals surface area contributed by atoms with E-state index < -0.39 is 69.5 Å². The van der Waals surface area contributed by atoms with Gasteiger partial charge < -0.3 is 14.8 Å². The minimum atomic E-state index is -5.15. The van der Waals surface area contributed by atoms with Gasteiger partial charge >= 0.3 is 18.1 Å². The lowest BCUT2D eigenvalue weighted by molar-refractivity contribution is -0.141. The molecular formula is C20H19ClF5NO4. The quantitative estimate of drug-likeness (QED) is 0.480. The van der Waals surface area contributed by atoms with Gasteiger partial charge in [-0.05, 0) is 25.5 Å². The zero-order valence-corrected chi connectivity index (χ0v) is 17.5. The molecule has 170 valence electrons. The van der Waals surface area contributed by atoms with Crippen LogP contribution in [0.3, 0.4) is 0 Å². The van der Waals surface area contributed by atoms with Gasteiger partial charge in [0.15, 0.2) is 0 Å². The largest absolute Gasteiger partial charge is 0.466 e. The van der Waals surface area contributed by atoms with Crippen molar-refractivity contribution in [3.8, 4) is 0 Å². The number of ether oxygens (including phenoxy) is 2. The van der Waals surface area contributed by atoms with E-state index in [0.717, 1.165) is 7.11 Å². The Labute approximate surface area is 179 Å². The van der Waals surface area contributed by atoms with Crippen LogP contribution in [0.4, 0.5) is 22.0 Å². The number of halogens is 6. The number of nitrogens with one attached hydrogen (secondary N) is 1. The Morgan fingerprint density at radius 2 is 1.84 bits per heavy atom. The Hall–Kier alpha value is -2.62. The molecule has 0 saturated heterocycles. The molecule has 0 saturated carbocycles. The standard InChI is InChI=1S/C20H19ClF5NO4/c1-4-7-31-19(29)15-12(8-22)27-9(2)13(18(28)30-3)16(15)14-11(23)6-5-10(21)17(14)20(24,25)26/h5-6,16,27H,4,7-8H2,1-3H3. The molecule has 1 N–H and O–H groups in total. The molecule has 0 spiro atoms. The highest BCUT2D eigenvalue weighted by Gasteiger charge is 2.46. The van der Waals surface area contributed by atoms with Crippen LogP contribution in [0.2, 0.25) is 5.02 Å². The molecule has 1 aliphatic heterocycles. The summed E-state index contributed by atoms with van der Waals surface area (Å²) in [6.45, 7) is 1.48. The number of allylic oxidation sites excluding steroid dienone is 2. The van der Waals surface area contributed by atoms with Gasteiger partial charge in [0.05, 0.1) is 47.1 Å². The van der Waals surface area contributed by atoms with Crippen LogP contribution in [0.1, 0.15) is 37.3 Å². The van der Waals surface area contributed by atoms with Gasteiger partial charge in [-0.25, -0.2) is 18.4 Å². The maximum Gasteiger partial charge on any atom is 0.418 e. The smallest absolute Gasteiger partial charge is 0.418 e. The van der Waals surface area contributed by atoms with E-state index in [9.17, 15) is 31.5 Å². The number of hydrogen-bond donors (Lipinski definition) is 1. The number of alkyl halides is 4. The number of carbonyl (C=O) groups is 2. The van der Waals surface area contributed by atoms with Crippen molar-refractivity contribution in [2.75, 3.05) is 20.4 Å². The lowest BCUT2D eigenvalue weighted by atomic mass is 9.78. The van der Waals surface area contributed by atoms with Crippen LogP contribution in [-0.4, -0.2) is 32.3 Å². The molecular weight excluding hydrogens is 449 g/mol. The Balaban J connectivity index is 2.95. The number of hydrogen-bond acceptors (Lipinski definition) is 5. The van der Waals surface area contributed by atoms with Crippen molar-refractivity contribution in [3.63, 3.8) is 0 Å². The lowest BCUT2D eigenvalue weighted by Gasteiger charge is -2.32. The molecule has 2 rings (SSSR count). The van der Waals surface area contributed by atoms with E-state index in [1.165, 1.54) is 6.92 Å². The van der Waals surface area contributed by atoms with Crippen molar-refractivity contribution in [2.45, 2.75) is 32.4 Å². The summed E-state index contributed by atoms with van der Waals surface area (Å²) in [6.07, 6.45) is -4.79. The van der Waals surface area contributed by atoms with Gasteiger partial charge in [-0.15, -0.1) is 0 Å². The summed E-state index contributed by atoms with van der Waals surface area (Å²) in [5.74, 6) is -5.70. The van der Waals surface area contributed by atoms with Crippen LogP contribution in [-0.2, 0) is 25.2 Å². The molecule has 1 unspecified atom stereocenters. The third-order valence-corrected chi connectivity index (χ3v) is 4.87. The zero-order chi connectivity index (χ0) is 23.5. The first-order chi connectivity index (χ1) is 14.5. The Kier molecular flexibility index (Phi) is 7.69. The maximum absolute atomic E-state index is 14.9. The van der Waals surface area contributed by atoms with E-state index >= 15 is 0 Å². The van der Waals surface area contributed by atoms with Crippen LogP contribution in [0, 0.1) is 5.82 Å². The zero-order valence-electron chi connectivity index (χ0n) is 16.8. The van der Waals surface area contributed by atoms with Crippen LogP contribution >= 0.6 is 11.6 Å². The fourth-order valence-electron chi connectivity index (χ4n) is 3.32. The van der Waals surface area contributed by atoms with Gasteiger partial charge in [0.1, 0.15) is 12.5 Å². The van der Waals surface area contributed by atoms with Crippen molar-refractivity contribution in [2.24, 2.45) is 0 Å². The number of carbonyl (C=O) groups excluding carboxylic acids is 2. The third-order valence-electron chi connectivity index (χ3n) is 4.55. The molecule has 1 heterocycles. The normalized spacial score (nSPS) is 16.9.